The van der Waals surface area contributed by atoms with Gasteiger partial charge in [0.15, 0.2) is 0 Å². The highest BCUT2D eigenvalue weighted by Crippen LogP contribution is 2.51. The lowest BCUT2D eigenvalue weighted by Crippen LogP contribution is -2.29. The molecule has 1 aliphatic carbocycles. The van der Waals surface area contributed by atoms with Gasteiger partial charge in [0.1, 0.15) is 0 Å². The van der Waals surface area contributed by atoms with Gasteiger partial charge in [0.2, 0.25) is 0 Å². The molecule has 9 rings (SSSR count). The molecule has 222 valence electrons. The molecule has 0 N–H and O–H groups in total. The summed E-state index contributed by atoms with van der Waals surface area (Å²) in [5, 5.41) is 2.54. The third kappa shape index (κ3) is 4.88. The molecule has 1 nitrogen and oxygen atoms in total. The van der Waals surface area contributed by atoms with Crippen LogP contribution < -0.4 is 4.90 Å². The van der Waals surface area contributed by atoms with Crippen molar-refractivity contribution in [2.45, 2.75) is 12.0 Å². The van der Waals surface area contributed by atoms with Crippen molar-refractivity contribution >= 4 is 27.7 Å². The van der Waals surface area contributed by atoms with Crippen LogP contribution in [0, 0.1) is 0 Å². The minimum absolute atomic E-state index is 0.191. The van der Waals surface area contributed by atoms with E-state index in [1.165, 1.54) is 72.2 Å². The number of benzene rings is 7. The predicted molar refractivity (Wildman–Crippen MR) is 199 cm³/mol. The zero-order chi connectivity index (χ0) is 31.2. The first-order valence-corrected chi connectivity index (χ1v) is 16.4. The molecule has 7 aromatic carbocycles. The maximum atomic E-state index is 2.56. The normalized spacial score (nSPS) is 16.5. The first-order valence-electron chi connectivity index (χ1n) is 16.4. The molecule has 0 fully saturated rings. The van der Waals surface area contributed by atoms with E-state index >= 15 is 0 Å². The average Bonchev–Trinajstić information content (AvgIpc) is 3.48. The Kier molecular flexibility index (Phi) is 6.68. The number of anilines is 2. The molecular formula is C46H33N. The van der Waals surface area contributed by atoms with Gasteiger partial charge < -0.3 is 4.90 Å². The monoisotopic (exact) mass is 599 g/mol. The van der Waals surface area contributed by atoms with Crippen LogP contribution in [0.3, 0.4) is 0 Å². The average molecular weight is 600 g/mol. The van der Waals surface area contributed by atoms with Crippen LogP contribution in [0.5, 0.6) is 0 Å². The predicted octanol–water partition coefficient (Wildman–Crippen LogP) is 12.1. The van der Waals surface area contributed by atoms with Crippen molar-refractivity contribution in [2.75, 3.05) is 4.90 Å². The Morgan fingerprint density at radius 2 is 0.957 bits per heavy atom. The van der Waals surface area contributed by atoms with Crippen molar-refractivity contribution in [1.29, 1.82) is 0 Å². The molecule has 0 saturated heterocycles. The van der Waals surface area contributed by atoms with Gasteiger partial charge >= 0.3 is 0 Å². The molecule has 1 heterocycles. The molecule has 2 unspecified atom stereocenters. The van der Waals surface area contributed by atoms with Crippen LogP contribution in [0.15, 0.2) is 188 Å². The Balaban J connectivity index is 1.14. The minimum Gasteiger partial charge on any atom is -0.333 e. The van der Waals surface area contributed by atoms with Crippen molar-refractivity contribution in [3.63, 3.8) is 0 Å². The first-order chi connectivity index (χ1) is 23.3. The highest BCUT2D eigenvalue weighted by molar-refractivity contribution is 5.98. The summed E-state index contributed by atoms with van der Waals surface area (Å²) in [4.78, 5) is 2.56. The smallest absolute Gasteiger partial charge is 0.0630 e. The highest BCUT2D eigenvalue weighted by atomic mass is 15.2. The number of hydrogen-bond donors (Lipinski definition) is 0. The van der Waals surface area contributed by atoms with Crippen LogP contribution in [0.2, 0.25) is 0 Å². The van der Waals surface area contributed by atoms with Crippen LogP contribution in [-0.2, 0) is 0 Å². The second-order valence-corrected chi connectivity index (χ2v) is 12.5. The maximum absolute atomic E-state index is 2.56. The summed E-state index contributed by atoms with van der Waals surface area (Å²) in [5.41, 5.74) is 13.9. The largest absolute Gasteiger partial charge is 0.333 e. The summed E-state index contributed by atoms with van der Waals surface area (Å²) in [7, 11) is 0. The number of allylic oxidation sites excluding steroid dienone is 2. The fourth-order valence-corrected chi connectivity index (χ4v) is 7.49. The minimum atomic E-state index is 0.191. The van der Waals surface area contributed by atoms with Crippen molar-refractivity contribution in [3.05, 3.63) is 199 Å². The van der Waals surface area contributed by atoms with Crippen LogP contribution in [0.1, 0.15) is 17.0 Å². The third-order valence-corrected chi connectivity index (χ3v) is 9.78. The molecule has 47 heavy (non-hydrogen) atoms. The number of fused-ring (bicyclic) bond motifs is 4. The standard InChI is InChI=1S/C46H33N/c1-3-12-32(13-4-1)35-18-9-19-36(28-35)37-20-10-21-38(29-37)40-25-27-46-43(31-40)42-30-39(33-14-5-2-6-15-33)24-26-45(42)47(46)44-23-11-17-34-16-7-8-22-41(34)44/h1-31,43,46H. The van der Waals surface area contributed by atoms with E-state index in [0.29, 0.717) is 0 Å². The Morgan fingerprint density at radius 1 is 0.404 bits per heavy atom. The van der Waals surface area contributed by atoms with Crippen molar-refractivity contribution < 1.29 is 0 Å². The molecule has 0 bridgehead atoms. The quantitative estimate of drug-likeness (QED) is 0.190. The molecule has 0 radical (unpaired) electrons. The fraction of sp³-hybridized carbons (Fsp3) is 0.0435. The van der Waals surface area contributed by atoms with E-state index in [2.05, 4.69) is 193 Å². The zero-order valence-electron chi connectivity index (χ0n) is 26.0. The van der Waals surface area contributed by atoms with Crippen molar-refractivity contribution in [3.8, 4) is 33.4 Å². The maximum Gasteiger partial charge on any atom is 0.0630 e. The lowest BCUT2D eigenvalue weighted by molar-refractivity contribution is 0.748. The molecule has 0 amide bonds. The lowest BCUT2D eigenvalue weighted by Gasteiger charge is -2.30. The Bertz CT molecular complexity index is 2310. The van der Waals surface area contributed by atoms with Gasteiger partial charge in [0.05, 0.1) is 6.04 Å². The molecule has 1 aliphatic heterocycles. The van der Waals surface area contributed by atoms with Crippen LogP contribution in [0.25, 0.3) is 49.7 Å². The molecule has 0 spiro atoms. The summed E-state index contributed by atoms with van der Waals surface area (Å²) in [6.45, 7) is 0. The van der Waals surface area contributed by atoms with Gasteiger partial charge in [-0.05, 0) is 85.8 Å². The lowest BCUT2D eigenvalue weighted by atomic mass is 9.85. The molecule has 0 saturated carbocycles. The van der Waals surface area contributed by atoms with Crippen LogP contribution in [0.4, 0.5) is 11.4 Å². The Hall–Kier alpha value is -5.92. The van der Waals surface area contributed by atoms with E-state index in [4.69, 9.17) is 0 Å². The third-order valence-electron chi connectivity index (χ3n) is 9.78. The van der Waals surface area contributed by atoms with E-state index < -0.39 is 0 Å². The summed E-state index contributed by atoms with van der Waals surface area (Å²) in [6, 6.07) is 61.9. The van der Waals surface area contributed by atoms with Gasteiger partial charge in [-0.25, -0.2) is 0 Å². The van der Waals surface area contributed by atoms with E-state index in [1.807, 2.05) is 0 Å². The van der Waals surface area contributed by atoms with Gasteiger partial charge in [-0.1, -0.05) is 158 Å². The van der Waals surface area contributed by atoms with Crippen molar-refractivity contribution in [2.24, 2.45) is 0 Å². The van der Waals surface area contributed by atoms with Gasteiger partial charge in [-0.15, -0.1) is 0 Å². The summed E-state index contributed by atoms with van der Waals surface area (Å²) >= 11 is 0. The Labute approximate surface area is 276 Å². The number of rotatable bonds is 5. The number of nitrogens with zero attached hydrogens (tertiary/aromatic N) is 1. The fourth-order valence-electron chi connectivity index (χ4n) is 7.49. The topological polar surface area (TPSA) is 3.24 Å². The van der Waals surface area contributed by atoms with Crippen molar-refractivity contribution in [1.82, 2.24) is 0 Å². The van der Waals surface area contributed by atoms with E-state index in [0.717, 1.165) is 0 Å². The summed E-state index contributed by atoms with van der Waals surface area (Å²) in [5.74, 6) is 0.220. The second-order valence-electron chi connectivity index (χ2n) is 12.5. The number of hydrogen-bond acceptors (Lipinski definition) is 1. The molecular weight excluding hydrogens is 567 g/mol. The first kappa shape index (κ1) is 27.4. The molecule has 0 aromatic heterocycles. The second kappa shape index (κ2) is 11.5. The van der Waals surface area contributed by atoms with Gasteiger partial charge in [0.25, 0.3) is 0 Å². The van der Waals surface area contributed by atoms with Crippen LogP contribution >= 0.6 is 0 Å². The Morgan fingerprint density at radius 3 is 1.70 bits per heavy atom. The van der Waals surface area contributed by atoms with Crippen LogP contribution in [-0.4, -0.2) is 6.04 Å². The molecule has 7 aromatic rings. The highest BCUT2D eigenvalue weighted by Gasteiger charge is 2.39. The summed E-state index contributed by atoms with van der Waals surface area (Å²) < 4.78 is 0. The molecule has 2 aliphatic rings. The summed E-state index contributed by atoms with van der Waals surface area (Å²) in [6.07, 6.45) is 7.26. The van der Waals surface area contributed by atoms with Gasteiger partial charge in [-0.3, -0.25) is 0 Å². The van der Waals surface area contributed by atoms with E-state index in [9.17, 15) is 0 Å². The molecule has 1 heteroatoms. The van der Waals surface area contributed by atoms with E-state index in [-0.39, 0.29) is 12.0 Å². The van der Waals surface area contributed by atoms with Gasteiger partial charge in [-0.2, -0.15) is 0 Å². The SMILES string of the molecule is C1=CC2C(C=C1c1cccc(-c3cccc(-c4ccccc4)c3)c1)c1cc(-c3ccccc3)ccc1N2c1cccc2ccccc12. The van der Waals surface area contributed by atoms with Gasteiger partial charge in [0, 0.05) is 22.7 Å². The van der Waals surface area contributed by atoms with E-state index in [1.54, 1.807) is 0 Å². The zero-order valence-corrected chi connectivity index (χ0v) is 26.0. The molecule has 2 atom stereocenters.